The van der Waals surface area contributed by atoms with E-state index in [0.29, 0.717) is 12.2 Å². The molecule has 0 saturated carbocycles. The number of nitrogen functional groups attached to an aromatic ring is 1. The fourth-order valence-corrected chi connectivity index (χ4v) is 2.50. The van der Waals surface area contributed by atoms with Gasteiger partial charge in [-0.3, -0.25) is 4.90 Å². The molecule has 102 valence electrons. The lowest BCUT2D eigenvalue weighted by Crippen LogP contribution is -2.47. The molecule has 1 fully saturated rings. The van der Waals surface area contributed by atoms with Gasteiger partial charge in [0.05, 0.1) is 18.8 Å². The predicted octanol–water partition coefficient (Wildman–Crippen LogP) is 2.02. The maximum atomic E-state index is 5.75. The lowest BCUT2D eigenvalue weighted by atomic mass is 10.1. The molecule has 2 aromatic rings. The molecule has 5 heteroatoms. The molecule has 0 atom stereocenters. The number of fused-ring (bicyclic) bond motifs is 1. The standard InChI is InChI=1S/C14H19N3O2/c1-14(2)9-17(5-6-18-14)8-13-16-11-4-3-10(15)7-12(11)19-13/h3-4,7H,5-6,8-9,15H2,1-2H3. The zero-order valence-electron chi connectivity index (χ0n) is 11.3. The predicted molar refractivity (Wildman–Crippen MR) is 73.7 cm³/mol. The summed E-state index contributed by atoms with van der Waals surface area (Å²) in [5.41, 5.74) is 7.94. The van der Waals surface area contributed by atoms with E-state index in [1.54, 1.807) is 0 Å². The van der Waals surface area contributed by atoms with E-state index in [4.69, 9.17) is 14.9 Å². The molecule has 2 N–H and O–H groups in total. The number of nitrogens with zero attached hydrogens (tertiary/aromatic N) is 2. The molecule has 3 rings (SSSR count). The molecule has 0 amide bonds. The molecule has 0 radical (unpaired) electrons. The van der Waals surface area contributed by atoms with Crippen molar-refractivity contribution in [2.45, 2.75) is 26.0 Å². The van der Waals surface area contributed by atoms with Crippen LogP contribution in [0.3, 0.4) is 0 Å². The molecule has 1 saturated heterocycles. The highest BCUT2D eigenvalue weighted by Gasteiger charge is 2.27. The first-order valence-corrected chi connectivity index (χ1v) is 6.53. The van der Waals surface area contributed by atoms with Gasteiger partial charge in [0.2, 0.25) is 5.89 Å². The fraction of sp³-hybridized carbons (Fsp3) is 0.500. The first kappa shape index (κ1) is 12.4. The highest BCUT2D eigenvalue weighted by Crippen LogP contribution is 2.22. The first-order valence-electron chi connectivity index (χ1n) is 6.53. The summed E-state index contributed by atoms with van der Waals surface area (Å²) >= 11 is 0. The Kier molecular flexibility index (Phi) is 2.95. The molecule has 2 heterocycles. The summed E-state index contributed by atoms with van der Waals surface area (Å²) in [6, 6.07) is 5.54. The molecule has 19 heavy (non-hydrogen) atoms. The average Bonchev–Trinajstić information content (AvgIpc) is 2.68. The number of aromatic nitrogens is 1. The number of oxazole rings is 1. The summed E-state index contributed by atoms with van der Waals surface area (Å²) in [4.78, 5) is 6.79. The van der Waals surface area contributed by atoms with Gasteiger partial charge in [0.15, 0.2) is 5.58 Å². The number of nitrogens with two attached hydrogens (primary N) is 1. The smallest absolute Gasteiger partial charge is 0.209 e. The quantitative estimate of drug-likeness (QED) is 0.838. The lowest BCUT2D eigenvalue weighted by Gasteiger charge is -2.37. The number of anilines is 1. The largest absolute Gasteiger partial charge is 0.439 e. The van der Waals surface area contributed by atoms with Crippen LogP contribution in [-0.2, 0) is 11.3 Å². The van der Waals surface area contributed by atoms with Gasteiger partial charge in [-0.25, -0.2) is 4.98 Å². The second-order valence-electron chi connectivity index (χ2n) is 5.65. The van der Waals surface area contributed by atoms with Crippen LogP contribution >= 0.6 is 0 Å². The Morgan fingerprint density at radius 3 is 3.05 bits per heavy atom. The van der Waals surface area contributed by atoms with Crippen LogP contribution in [0.1, 0.15) is 19.7 Å². The van der Waals surface area contributed by atoms with Gasteiger partial charge in [-0.05, 0) is 26.0 Å². The van der Waals surface area contributed by atoms with Crippen molar-refractivity contribution in [2.24, 2.45) is 0 Å². The minimum absolute atomic E-state index is 0.102. The van der Waals surface area contributed by atoms with Crippen molar-refractivity contribution < 1.29 is 9.15 Å². The Morgan fingerprint density at radius 2 is 2.26 bits per heavy atom. The summed E-state index contributed by atoms with van der Waals surface area (Å²) in [7, 11) is 0. The Morgan fingerprint density at radius 1 is 1.42 bits per heavy atom. The van der Waals surface area contributed by atoms with E-state index >= 15 is 0 Å². The van der Waals surface area contributed by atoms with Crippen LogP contribution in [0.5, 0.6) is 0 Å². The summed E-state index contributed by atoms with van der Waals surface area (Å²) in [5, 5.41) is 0. The van der Waals surface area contributed by atoms with E-state index in [9.17, 15) is 0 Å². The Balaban J connectivity index is 1.77. The summed E-state index contributed by atoms with van der Waals surface area (Å²) in [6.07, 6.45) is 0. The van der Waals surface area contributed by atoms with E-state index in [1.807, 2.05) is 18.2 Å². The first-order chi connectivity index (χ1) is 9.02. The van der Waals surface area contributed by atoms with Gasteiger partial charge in [-0.1, -0.05) is 0 Å². The Bertz CT molecular complexity index is 591. The number of rotatable bonds is 2. The molecule has 0 bridgehead atoms. The van der Waals surface area contributed by atoms with Gasteiger partial charge in [0, 0.05) is 24.8 Å². The topological polar surface area (TPSA) is 64.5 Å². The molecule has 1 aliphatic heterocycles. The monoisotopic (exact) mass is 261 g/mol. The van der Waals surface area contributed by atoms with E-state index < -0.39 is 0 Å². The Hall–Kier alpha value is -1.59. The minimum Gasteiger partial charge on any atom is -0.439 e. The summed E-state index contributed by atoms with van der Waals surface area (Å²) < 4.78 is 11.4. The van der Waals surface area contributed by atoms with E-state index in [2.05, 4.69) is 23.7 Å². The number of morpholine rings is 1. The Labute approximate surface area is 112 Å². The maximum Gasteiger partial charge on any atom is 0.209 e. The van der Waals surface area contributed by atoms with Crippen molar-refractivity contribution in [2.75, 3.05) is 25.4 Å². The lowest BCUT2D eigenvalue weighted by molar-refractivity contribution is -0.0896. The zero-order chi connectivity index (χ0) is 13.5. The van der Waals surface area contributed by atoms with Gasteiger partial charge < -0.3 is 14.9 Å². The fourth-order valence-electron chi connectivity index (χ4n) is 2.50. The molecule has 0 unspecified atom stereocenters. The van der Waals surface area contributed by atoms with Crippen LogP contribution in [0.15, 0.2) is 22.6 Å². The number of hydrogen-bond donors (Lipinski definition) is 1. The molecule has 0 aliphatic carbocycles. The summed E-state index contributed by atoms with van der Waals surface area (Å²) in [6.45, 7) is 7.46. The zero-order valence-corrected chi connectivity index (χ0v) is 11.3. The number of benzene rings is 1. The van der Waals surface area contributed by atoms with Gasteiger partial charge in [0.1, 0.15) is 5.52 Å². The second kappa shape index (κ2) is 4.51. The highest BCUT2D eigenvalue weighted by molar-refractivity contribution is 5.76. The molecule has 5 nitrogen and oxygen atoms in total. The van der Waals surface area contributed by atoms with Crippen LogP contribution in [-0.4, -0.2) is 35.2 Å². The van der Waals surface area contributed by atoms with Crippen molar-refractivity contribution >= 4 is 16.8 Å². The molecule has 1 aliphatic rings. The second-order valence-corrected chi connectivity index (χ2v) is 5.65. The third-order valence-electron chi connectivity index (χ3n) is 3.32. The van der Waals surface area contributed by atoms with Crippen LogP contribution < -0.4 is 5.73 Å². The van der Waals surface area contributed by atoms with Crippen LogP contribution in [0, 0.1) is 0 Å². The molecule has 1 aromatic carbocycles. The van der Waals surface area contributed by atoms with Crippen molar-refractivity contribution in [3.05, 3.63) is 24.1 Å². The molecule has 0 spiro atoms. The number of ether oxygens (including phenoxy) is 1. The van der Waals surface area contributed by atoms with Gasteiger partial charge >= 0.3 is 0 Å². The normalized spacial score (nSPS) is 19.9. The van der Waals surface area contributed by atoms with Gasteiger partial charge in [-0.2, -0.15) is 0 Å². The molecular weight excluding hydrogens is 242 g/mol. The third kappa shape index (κ3) is 2.72. The van der Waals surface area contributed by atoms with Crippen LogP contribution in [0.4, 0.5) is 5.69 Å². The van der Waals surface area contributed by atoms with Crippen LogP contribution in [0.2, 0.25) is 0 Å². The van der Waals surface area contributed by atoms with Crippen molar-refractivity contribution in [1.29, 1.82) is 0 Å². The van der Waals surface area contributed by atoms with Gasteiger partial charge in [-0.15, -0.1) is 0 Å². The summed E-state index contributed by atoms with van der Waals surface area (Å²) in [5.74, 6) is 0.735. The van der Waals surface area contributed by atoms with E-state index in [1.165, 1.54) is 0 Å². The van der Waals surface area contributed by atoms with Crippen molar-refractivity contribution in [1.82, 2.24) is 9.88 Å². The van der Waals surface area contributed by atoms with Crippen molar-refractivity contribution in [3.63, 3.8) is 0 Å². The van der Waals surface area contributed by atoms with E-state index in [-0.39, 0.29) is 5.60 Å². The van der Waals surface area contributed by atoms with Crippen LogP contribution in [0.25, 0.3) is 11.1 Å². The minimum atomic E-state index is -0.102. The molecular formula is C14H19N3O2. The third-order valence-corrected chi connectivity index (χ3v) is 3.32. The highest BCUT2D eigenvalue weighted by atomic mass is 16.5. The molecule has 1 aromatic heterocycles. The van der Waals surface area contributed by atoms with Crippen molar-refractivity contribution in [3.8, 4) is 0 Å². The number of hydrogen-bond acceptors (Lipinski definition) is 5. The van der Waals surface area contributed by atoms with E-state index in [0.717, 1.165) is 36.7 Å². The average molecular weight is 261 g/mol. The maximum absolute atomic E-state index is 5.75. The SMILES string of the molecule is CC1(C)CN(Cc2nc3ccc(N)cc3o2)CCO1. The van der Waals surface area contributed by atoms with Gasteiger partial charge in [0.25, 0.3) is 0 Å².